The SMILES string of the molecule is CC(C)(C)C1=CS/C(=C(/N)c2ccnc(NCCCN3CCCC3=O)n2)N1. The number of aromatic nitrogens is 2. The van der Waals surface area contributed by atoms with Crippen LogP contribution in [-0.2, 0) is 4.79 Å². The van der Waals surface area contributed by atoms with E-state index < -0.39 is 0 Å². The Kier molecular flexibility index (Phi) is 5.94. The largest absolute Gasteiger partial charge is 0.395 e. The first-order valence-corrected chi connectivity index (χ1v) is 10.2. The number of thioether (sulfide) groups is 1. The summed E-state index contributed by atoms with van der Waals surface area (Å²) in [4.78, 5) is 22.3. The van der Waals surface area contributed by atoms with Crippen molar-refractivity contribution in [3.05, 3.63) is 34.1 Å². The molecule has 4 N–H and O–H groups in total. The fourth-order valence-electron chi connectivity index (χ4n) is 2.91. The van der Waals surface area contributed by atoms with E-state index in [1.165, 1.54) is 0 Å². The molecule has 7 nitrogen and oxygen atoms in total. The highest BCUT2D eigenvalue weighted by molar-refractivity contribution is 8.06. The van der Waals surface area contributed by atoms with E-state index >= 15 is 0 Å². The van der Waals surface area contributed by atoms with Crippen LogP contribution in [0.2, 0.25) is 0 Å². The minimum Gasteiger partial charge on any atom is -0.395 e. The fraction of sp³-hybridized carbons (Fsp3) is 0.526. The zero-order valence-electron chi connectivity index (χ0n) is 16.2. The third-order valence-electron chi connectivity index (χ3n) is 4.59. The summed E-state index contributed by atoms with van der Waals surface area (Å²) in [5.74, 6) is 0.813. The van der Waals surface area contributed by atoms with Crippen LogP contribution >= 0.6 is 11.8 Å². The number of hydrogen-bond donors (Lipinski definition) is 3. The van der Waals surface area contributed by atoms with Gasteiger partial charge >= 0.3 is 0 Å². The standard InChI is InChI=1S/C19H28N6OS/c1-19(2,3)14-12-27-17(24-14)16(20)13-7-9-22-18(23-13)21-8-5-11-25-10-4-6-15(25)26/h7,9,12,24H,4-6,8,10-11,20H2,1-3H3,(H,21,22,23)/b17-16+. The van der Waals surface area contributed by atoms with Crippen molar-refractivity contribution in [1.29, 1.82) is 0 Å². The Morgan fingerprint density at radius 3 is 2.93 bits per heavy atom. The Labute approximate surface area is 164 Å². The second kappa shape index (κ2) is 8.21. The van der Waals surface area contributed by atoms with Crippen molar-refractivity contribution < 1.29 is 4.79 Å². The van der Waals surface area contributed by atoms with Gasteiger partial charge in [0.2, 0.25) is 11.9 Å². The third-order valence-corrected chi connectivity index (χ3v) is 5.50. The number of nitrogens with zero attached hydrogens (tertiary/aromatic N) is 3. The van der Waals surface area contributed by atoms with Crippen molar-refractivity contribution in [3.63, 3.8) is 0 Å². The molecule has 0 saturated carbocycles. The molecule has 3 heterocycles. The van der Waals surface area contributed by atoms with Crippen LogP contribution in [0.1, 0.15) is 45.7 Å². The lowest BCUT2D eigenvalue weighted by molar-refractivity contribution is -0.127. The number of likely N-dealkylation sites (tertiary alicyclic amines) is 1. The normalized spacial score (nSPS) is 19.1. The van der Waals surface area contributed by atoms with Gasteiger partial charge in [-0.3, -0.25) is 4.79 Å². The van der Waals surface area contributed by atoms with Gasteiger partial charge in [-0.25, -0.2) is 9.97 Å². The number of nitrogens with one attached hydrogen (secondary N) is 2. The molecule has 8 heteroatoms. The van der Waals surface area contributed by atoms with Crippen molar-refractivity contribution in [2.75, 3.05) is 25.0 Å². The maximum Gasteiger partial charge on any atom is 0.223 e. The topological polar surface area (TPSA) is 96.2 Å². The summed E-state index contributed by atoms with van der Waals surface area (Å²) in [6, 6.07) is 1.81. The number of rotatable bonds is 6. The van der Waals surface area contributed by atoms with E-state index in [2.05, 4.69) is 46.8 Å². The van der Waals surface area contributed by atoms with Gasteiger partial charge < -0.3 is 21.3 Å². The summed E-state index contributed by atoms with van der Waals surface area (Å²) in [7, 11) is 0. The van der Waals surface area contributed by atoms with Gasteiger partial charge in [-0.1, -0.05) is 32.5 Å². The van der Waals surface area contributed by atoms with Gasteiger partial charge in [0.15, 0.2) is 0 Å². The molecule has 1 aromatic rings. The van der Waals surface area contributed by atoms with Crippen LogP contribution in [-0.4, -0.2) is 40.4 Å². The number of nitrogens with two attached hydrogens (primary N) is 1. The van der Waals surface area contributed by atoms with Crippen molar-refractivity contribution in [3.8, 4) is 0 Å². The van der Waals surface area contributed by atoms with Crippen LogP contribution in [0.15, 0.2) is 28.4 Å². The minimum absolute atomic E-state index is 0.0458. The number of anilines is 1. The van der Waals surface area contributed by atoms with E-state index in [-0.39, 0.29) is 11.3 Å². The Balaban J connectivity index is 1.56. The molecular formula is C19H28N6OS. The molecule has 0 spiro atoms. The van der Waals surface area contributed by atoms with E-state index in [9.17, 15) is 4.79 Å². The van der Waals surface area contributed by atoms with Gasteiger partial charge in [-0.05, 0) is 24.3 Å². The molecule has 0 aliphatic carbocycles. The molecule has 0 atom stereocenters. The zero-order chi connectivity index (χ0) is 19.4. The first-order chi connectivity index (χ1) is 12.8. The number of carbonyl (C=O) groups excluding carboxylic acids is 1. The highest BCUT2D eigenvalue weighted by atomic mass is 32.2. The molecule has 0 aromatic carbocycles. The maximum atomic E-state index is 11.6. The molecule has 27 heavy (non-hydrogen) atoms. The summed E-state index contributed by atoms with van der Waals surface area (Å²) >= 11 is 1.59. The molecule has 0 bridgehead atoms. The number of amides is 1. The van der Waals surface area contributed by atoms with Gasteiger partial charge in [0, 0.05) is 43.4 Å². The van der Waals surface area contributed by atoms with Crippen LogP contribution < -0.4 is 16.4 Å². The predicted molar refractivity (Wildman–Crippen MR) is 110 cm³/mol. The molecule has 0 radical (unpaired) electrons. The van der Waals surface area contributed by atoms with Gasteiger partial charge in [-0.2, -0.15) is 0 Å². The van der Waals surface area contributed by atoms with Crippen LogP contribution in [0.4, 0.5) is 5.95 Å². The molecule has 2 aliphatic heterocycles. The van der Waals surface area contributed by atoms with Crippen LogP contribution in [0, 0.1) is 5.41 Å². The second-order valence-electron chi connectivity index (χ2n) is 7.80. The maximum absolute atomic E-state index is 11.6. The number of allylic oxidation sites excluding steroid dienone is 1. The van der Waals surface area contributed by atoms with Crippen molar-refractivity contribution in [2.45, 2.75) is 40.0 Å². The zero-order valence-corrected chi connectivity index (χ0v) is 17.0. The molecule has 1 saturated heterocycles. The first-order valence-electron chi connectivity index (χ1n) is 9.34. The molecule has 2 aliphatic rings. The number of carbonyl (C=O) groups is 1. The van der Waals surface area contributed by atoms with Gasteiger partial charge in [0.05, 0.1) is 11.4 Å². The minimum atomic E-state index is 0.0458. The van der Waals surface area contributed by atoms with Gasteiger partial charge in [0.1, 0.15) is 5.03 Å². The van der Waals surface area contributed by atoms with Crippen molar-refractivity contribution >= 4 is 29.3 Å². The summed E-state index contributed by atoms with van der Waals surface area (Å²) in [6.45, 7) is 8.85. The lowest BCUT2D eigenvalue weighted by Crippen LogP contribution is -2.27. The second-order valence-corrected chi connectivity index (χ2v) is 8.68. The van der Waals surface area contributed by atoms with E-state index in [1.54, 1.807) is 18.0 Å². The summed E-state index contributed by atoms with van der Waals surface area (Å²) in [5.41, 5.74) is 8.83. The van der Waals surface area contributed by atoms with Crippen molar-refractivity contribution in [1.82, 2.24) is 20.2 Å². The Bertz CT molecular complexity index is 768. The average molecular weight is 389 g/mol. The van der Waals surface area contributed by atoms with E-state index in [4.69, 9.17) is 5.73 Å². The van der Waals surface area contributed by atoms with E-state index in [0.29, 0.717) is 30.3 Å². The van der Waals surface area contributed by atoms with E-state index in [1.807, 2.05) is 11.0 Å². The molecule has 3 rings (SSSR count). The first kappa shape index (κ1) is 19.5. The van der Waals surface area contributed by atoms with Crippen LogP contribution in [0.25, 0.3) is 5.70 Å². The van der Waals surface area contributed by atoms with Gasteiger partial charge in [0.25, 0.3) is 0 Å². The van der Waals surface area contributed by atoms with Gasteiger partial charge in [-0.15, -0.1) is 0 Å². The van der Waals surface area contributed by atoms with Crippen molar-refractivity contribution in [2.24, 2.45) is 11.1 Å². The monoisotopic (exact) mass is 388 g/mol. The Morgan fingerprint density at radius 1 is 1.44 bits per heavy atom. The lowest BCUT2D eigenvalue weighted by Gasteiger charge is -2.20. The Morgan fingerprint density at radius 2 is 2.26 bits per heavy atom. The molecule has 1 aromatic heterocycles. The fourth-order valence-corrected chi connectivity index (χ4v) is 3.96. The molecule has 0 unspecified atom stereocenters. The molecular weight excluding hydrogens is 360 g/mol. The number of hydrogen-bond acceptors (Lipinski definition) is 7. The third kappa shape index (κ3) is 4.94. The summed E-state index contributed by atoms with van der Waals surface area (Å²) < 4.78 is 0. The Hall–Kier alpha value is -2.22. The highest BCUT2D eigenvalue weighted by Crippen LogP contribution is 2.36. The predicted octanol–water partition coefficient (Wildman–Crippen LogP) is 2.71. The van der Waals surface area contributed by atoms with Crippen LogP contribution in [0.3, 0.4) is 0 Å². The molecule has 146 valence electrons. The quantitative estimate of drug-likeness (QED) is 0.645. The molecule has 1 amide bonds. The summed E-state index contributed by atoms with van der Waals surface area (Å²) in [5, 5.41) is 9.62. The summed E-state index contributed by atoms with van der Waals surface area (Å²) in [6.07, 6.45) is 4.24. The molecule has 1 fully saturated rings. The smallest absolute Gasteiger partial charge is 0.223 e. The van der Waals surface area contributed by atoms with Crippen LogP contribution in [0.5, 0.6) is 0 Å². The average Bonchev–Trinajstić information content (AvgIpc) is 3.27. The van der Waals surface area contributed by atoms with E-state index in [0.717, 1.165) is 36.7 Å². The lowest BCUT2D eigenvalue weighted by atomic mass is 9.93. The highest BCUT2D eigenvalue weighted by Gasteiger charge is 2.24.